The van der Waals surface area contributed by atoms with Crippen molar-refractivity contribution in [3.63, 3.8) is 0 Å². The van der Waals surface area contributed by atoms with Crippen LogP contribution >= 0.6 is 11.3 Å². The molecule has 0 unspecified atom stereocenters. The Bertz CT molecular complexity index is 513. The maximum Gasteiger partial charge on any atom is 0.287 e. The molecular formula is C11H13N5OS. The number of aromatic nitrogens is 3. The largest absolute Gasteiger partial charge is 0.360 e. The molecule has 0 aliphatic carbocycles. The second kappa shape index (κ2) is 6.06. The van der Waals surface area contributed by atoms with Crippen molar-refractivity contribution in [2.75, 3.05) is 17.2 Å². The van der Waals surface area contributed by atoms with Gasteiger partial charge in [-0.3, -0.25) is 4.79 Å². The highest BCUT2D eigenvalue weighted by atomic mass is 32.1. The van der Waals surface area contributed by atoms with Gasteiger partial charge in [0.25, 0.3) is 5.91 Å². The van der Waals surface area contributed by atoms with E-state index in [2.05, 4.69) is 32.7 Å². The van der Waals surface area contributed by atoms with Crippen LogP contribution < -0.4 is 10.6 Å². The number of carbonyl (C=O) groups excluding carboxylic acids is 1. The van der Waals surface area contributed by atoms with Crippen molar-refractivity contribution in [1.29, 1.82) is 0 Å². The Morgan fingerprint density at radius 2 is 2.28 bits per heavy atom. The Morgan fingerprint density at radius 1 is 1.39 bits per heavy atom. The molecule has 18 heavy (non-hydrogen) atoms. The van der Waals surface area contributed by atoms with Gasteiger partial charge < -0.3 is 10.6 Å². The van der Waals surface area contributed by atoms with E-state index in [9.17, 15) is 4.79 Å². The topological polar surface area (TPSA) is 79.8 Å². The fourth-order valence-electron chi connectivity index (χ4n) is 1.22. The molecule has 0 aliphatic rings. The molecule has 7 heteroatoms. The van der Waals surface area contributed by atoms with Crippen molar-refractivity contribution in [1.82, 2.24) is 15.2 Å². The highest BCUT2D eigenvalue weighted by Gasteiger charge is 2.12. The first-order valence-electron chi connectivity index (χ1n) is 5.59. The first kappa shape index (κ1) is 12.4. The Kier molecular flexibility index (Phi) is 4.19. The number of pyridine rings is 1. The van der Waals surface area contributed by atoms with Gasteiger partial charge in [-0.2, -0.15) is 0 Å². The number of nitrogens with zero attached hydrogens (tertiary/aromatic N) is 3. The number of nitrogens with one attached hydrogen (secondary N) is 2. The highest BCUT2D eigenvalue weighted by molar-refractivity contribution is 7.17. The Morgan fingerprint density at radius 3 is 3.00 bits per heavy atom. The molecule has 0 radical (unpaired) electrons. The lowest BCUT2D eigenvalue weighted by molar-refractivity contribution is 0.102. The second-order valence-corrected chi connectivity index (χ2v) is 4.49. The summed E-state index contributed by atoms with van der Waals surface area (Å²) in [4.78, 5) is 15.8. The van der Waals surface area contributed by atoms with Crippen LogP contribution in [0.15, 0.2) is 24.4 Å². The molecule has 1 amide bonds. The molecule has 0 saturated heterocycles. The van der Waals surface area contributed by atoms with Crippen molar-refractivity contribution in [3.05, 3.63) is 29.4 Å². The molecule has 0 saturated carbocycles. The van der Waals surface area contributed by atoms with Crippen LogP contribution in [0.25, 0.3) is 0 Å². The van der Waals surface area contributed by atoms with E-state index in [-0.39, 0.29) is 5.91 Å². The quantitative estimate of drug-likeness (QED) is 0.862. The minimum absolute atomic E-state index is 0.296. The number of rotatable bonds is 5. The van der Waals surface area contributed by atoms with Crippen LogP contribution in [0.3, 0.4) is 0 Å². The minimum atomic E-state index is -0.296. The van der Waals surface area contributed by atoms with Gasteiger partial charge in [-0.05, 0) is 18.6 Å². The number of carbonyl (C=O) groups is 1. The maximum absolute atomic E-state index is 11.8. The lowest BCUT2D eigenvalue weighted by atomic mass is 10.4. The number of anilines is 2. The van der Waals surface area contributed by atoms with Crippen LogP contribution in [-0.2, 0) is 0 Å². The zero-order valence-corrected chi connectivity index (χ0v) is 10.7. The van der Waals surface area contributed by atoms with Crippen LogP contribution in [0.2, 0.25) is 0 Å². The van der Waals surface area contributed by atoms with Crippen molar-refractivity contribution in [3.8, 4) is 0 Å². The highest BCUT2D eigenvalue weighted by Crippen LogP contribution is 2.16. The van der Waals surface area contributed by atoms with E-state index in [0.717, 1.165) is 13.0 Å². The second-order valence-electron chi connectivity index (χ2n) is 3.51. The van der Waals surface area contributed by atoms with E-state index in [4.69, 9.17) is 0 Å². The molecular weight excluding hydrogens is 250 g/mol. The number of hydrogen-bond donors (Lipinski definition) is 2. The Labute approximate surface area is 108 Å². The molecule has 0 fully saturated rings. The maximum atomic E-state index is 11.8. The van der Waals surface area contributed by atoms with Gasteiger partial charge in [0.2, 0.25) is 10.1 Å². The lowest BCUT2D eigenvalue weighted by Gasteiger charge is -1.99. The van der Waals surface area contributed by atoms with Crippen LogP contribution in [-0.4, -0.2) is 27.6 Å². The first-order valence-corrected chi connectivity index (χ1v) is 6.41. The van der Waals surface area contributed by atoms with Gasteiger partial charge in [0.05, 0.1) is 0 Å². The van der Waals surface area contributed by atoms with E-state index < -0.39 is 0 Å². The average Bonchev–Trinajstić information content (AvgIpc) is 2.86. The zero-order chi connectivity index (χ0) is 12.8. The molecule has 6 nitrogen and oxygen atoms in total. The summed E-state index contributed by atoms with van der Waals surface area (Å²) < 4.78 is 0. The van der Waals surface area contributed by atoms with E-state index in [0.29, 0.717) is 16.0 Å². The molecule has 0 bridgehead atoms. The van der Waals surface area contributed by atoms with Gasteiger partial charge in [-0.1, -0.05) is 24.3 Å². The van der Waals surface area contributed by atoms with Crippen LogP contribution in [0, 0.1) is 0 Å². The van der Waals surface area contributed by atoms with E-state index in [1.165, 1.54) is 11.3 Å². The summed E-state index contributed by atoms with van der Waals surface area (Å²) in [5, 5.41) is 14.4. The summed E-state index contributed by atoms with van der Waals surface area (Å²) in [6, 6.07) is 5.31. The number of hydrogen-bond acceptors (Lipinski definition) is 6. The van der Waals surface area contributed by atoms with Crippen LogP contribution in [0.5, 0.6) is 0 Å². The van der Waals surface area contributed by atoms with Crippen molar-refractivity contribution < 1.29 is 4.79 Å². The summed E-state index contributed by atoms with van der Waals surface area (Å²) in [7, 11) is 0. The lowest BCUT2D eigenvalue weighted by Crippen LogP contribution is -2.12. The zero-order valence-electron chi connectivity index (χ0n) is 9.88. The van der Waals surface area contributed by atoms with Crippen molar-refractivity contribution in [2.45, 2.75) is 13.3 Å². The molecule has 0 spiro atoms. The smallest absolute Gasteiger partial charge is 0.287 e. The monoisotopic (exact) mass is 263 g/mol. The SMILES string of the molecule is CCCNc1nnc(C(=O)Nc2ccccn2)s1. The van der Waals surface area contributed by atoms with Gasteiger partial charge >= 0.3 is 0 Å². The summed E-state index contributed by atoms with van der Waals surface area (Å²) in [6.45, 7) is 2.87. The fourth-order valence-corrected chi connectivity index (χ4v) is 1.89. The molecule has 0 aliphatic heterocycles. The predicted molar refractivity (Wildman–Crippen MR) is 70.9 cm³/mol. The van der Waals surface area contributed by atoms with Crippen LogP contribution in [0.4, 0.5) is 10.9 Å². The summed E-state index contributed by atoms with van der Waals surface area (Å²) in [5.41, 5.74) is 0. The van der Waals surface area contributed by atoms with Gasteiger partial charge in [0.1, 0.15) is 5.82 Å². The van der Waals surface area contributed by atoms with E-state index in [1.54, 1.807) is 24.4 Å². The normalized spacial score (nSPS) is 10.1. The third-order valence-corrected chi connectivity index (χ3v) is 2.93. The fraction of sp³-hybridized carbons (Fsp3) is 0.273. The van der Waals surface area contributed by atoms with E-state index >= 15 is 0 Å². The third-order valence-electron chi connectivity index (χ3n) is 2.05. The molecule has 0 atom stereocenters. The van der Waals surface area contributed by atoms with E-state index in [1.807, 2.05) is 0 Å². The first-order chi connectivity index (χ1) is 8.79. The third kappa shape index (κ3) is 3.24. The predicted octanol–water partition coefficient (Wildman–Crippen LogP) is 2.01. The molecule has 2 heterocycles. The molecule has 0 aromatic carbocycles. The molecule has 94 valence electrons. The summed E-state index contributed by atoms with van der Waals surface area (Å²) >= 11 is 1.23. The Balaban J connectivity index is 1.99. The molecule has 2 aromatic heterocycles. The van der Waals surface area contributed by atoms with Crippen molar-refractivity contribution in [2.24, 2.45) is 0 Å². The van der Waals surface area contributed by atoms with Gasteiger partial charge in [0, 0.05) is 12.7 Å². The molecule has 2 N–H and O–H groups in total. The number of amides is 1. The van der Waals surface area contributed by atoms with Crippen LogP contribution in [0.1, 0.15) is 23.1 Å². The van der Waals surface area contributed by atoms with Gasteiger partial charge in [-0.15, -0.1) is 10.2 Å². The summed E-state index contributed by atoms with van der Waals surface area (Å²) in [5.74, 6) is 0.205. The molecule has 2 aromatic rings. The minimum Gasteiger partial charge on any atom is -0.360 e. The standard InChI is InChI=1S/C11H13N5OS/c1-2-6-13-11-16-15-10(18-11)9(17)14-8-5-3-4-7-12-8/h3-5,7H,2,6H2,1H3,(H,13,16)(H,12,14,17). The average molecular weight is 263 g/mol. The van der Waals surface area contributed by atoms with Gasteiger partial charge in [-0.25, -0.2) is 4.98 Å². The Hall–Kier alpha value is -2.02. The van der Waals surface area contributed by atoms with Gasteiger partial charge in [0.15, 0.2) is 0 Å². The summed E-state index contributed by atoms with van der Waals surface area (Å²) in [6.07, 6.45) is 2.61. The van der Waals surface area contributed by atoms with Crippen molar-refractivity contribution >= 4 is 28.2 Å². The molecule has 2 rings (SSSR count).